The third-order valence-electron chi connectivity index (χ3n) is 3.31. The predicted molar refractivity (Wildman–Crippen MR) is 68.3 cm³/mol. The van der Waals surface area contributed by atoms with E-state index in [1.807, 2.05) is 20.8 Å². The van der Waals surface area contributed by atoms with Crippen molar-refractivity contribution >= 4 is 11.8 Å². The lowest BCUT2D eigenvalue weighted by molar-refractivity contribution is -0.188. The Morgan fingerprint density at radius 2 is 1.63 bits per heavy atom. The van der Waals surface area contributed by atoms with Gasteiger partial charge in [-0.1, -0.05) is 0 Å². The van der Waals surface area contributed by atoms with Gasteiger partial charge in [0.15, 0.2) is 5.79 Å². The molecule has 108 valence electrons. The standard InChI is InChI=1S/C13H22N2O4/c1-12(2,3)14-10(16)11(17)15-6-4-13(5-7-15)18-8-9-19-13/h4-9H2,1-3H3,(H,14,16). The van der Waals surface area contributed by atoms with Crippen molar-refractivity contribution in [1.29, 1.82) is 0 Å². The second kappa shape index (κ2) is 5.09. The number of amides is 2. The number of piperidine rings is 1. The van der Waals surface area contributed by atoms with Crippen molar-refractivity contribution in [2.24, 2.45) is 0 Å². The second-order valence-electron chi connectivity index (χ2n) is 6.10. The molecule has 0 bridgehead atoms. The van der Waals surface area contributed by atoms with Gasteiger partial charge in [0.1, 0.15) is 0 Å². The highest BCUT2D eigenvalue weighted by atomic mass is 16.7. The summed E-state index contributed by atoms with van der Waals surface area (Å²) in [5.41, 5.74) is -0.401. The summed E-state index contributed by atoms with van der Waals surface area (Å²) in [4.78, 5) is 25.4. The molecule has 0 unspecified atom stereocenters. The SMILES string of the molecule is CC(C)(C)NC(=O)C(=O)N1CCC2(CC1)OCCO2. The Labute approximate surface area is 113 Å². The molecule has 1 N–H and O–H groups in total. The second-order valence-corrected chi connectivity index (χ2v) is 6.10. The van der Waals surface area contributed by atoms with Crippen LogP contribution >= 0.6 is 0 Å². The zero-order valence-corrected chi connectivity index (χ0v) is 11.8. The quantitative estimate of drug-likeness (QED) is 0.641. The fraction of sp³-hybridized carbons (Fsp3) is 0.846. The van der Waals surface area contributed by atoms with Crippen molar-refractivity contribution in [3.8, 4) is 0 Å². The molecule has 2 amide bonds. The van der Waals surface area contributed by atoms with Crippen molar-refractivity contribution in [2.75, 3.05) is 26.3 Å². The summed E-state index contributed by atoms with van der Waals surface area (Å²) in [5, 5.41) is 2.68. The molecule has 2 heterocycles. The lowest BCUT2D eigenvalue weighted by Gasteiger charge is -2.37. The van der Waals surface area contributed by atoms with E-state index in [4.69, 9.17) is 9.47 Å². The van der Waals surface area contributed by atoms with Gasteiger partial charge < -0.3 is 19.7 Å². The van der Waals surface area contributed by atoms with Crippen LogP contribution in [0.2, 0.25) is 0 Å². The average molecular weight is 270 g/mol. The molecule has 2 saturated heterocycles. The molecule has 0 saturated carbocycles. The number of carbonyl (C=O) groups is 2. The maximum atomic E-state index is 12.0. The summed E-state index contributed by atoms with van der Waals surface area (Å²) in [5.74, 6) is -1.53. The van der Waals surface area contributed by atoms with Crippen LogP contribution in [0.25, 0.3) is 0 Å². The van der Waals surface area contributed by atoms with Gasteiger partial charge in [-0.2, -0.15) is 0 Å². The first kappa shape index (κ1) is 14.3. The van der Waals surface area contributed by atoms with Gasteiger partial charge in [-0.25, -0.2) is 0 Å². The summed E-state index contributed by atoms with van der Waals surface area (Å²) >= 11 is 0. The maximum Gasteiger partial charge on any atom is 0.311 e. The van der Waals surface area contributed by atoms with Gasteiger partial charge in [0, 0.05) is 31.5 Å². The van der Waals surface area contributed by atoms with Crippen LogP contribution in [-0.4, -0.2) is 54.3 Å². The Hall–Kier alpha value is -1.14. The molecule has 0 atom stereocenters. The summed E-state index contributed by atoms with van der Waals surface area (Å²) in [6.45, 7) is 7.76. The topological polar surface area (TPSA) is 67.9 Å². The molecule has 0 aromatic rings. The fourth-order valence-corrected chi connectivity index (χ4v) is 2.37. The third-order valence-corrected chi connectivity index (χ3v) is 3.31. The van der Waals surface area contributed by atoms with Gasteiger partial charge in [0.25, 0.3) is 0 Å². The van der Waals surface area contributed by atoms with E-state index in [0.717, 1.165) is 0 Å². The summed E-state index contributed by atoms with van der Waals surface area (Å²) in [6, 6.07) is 0. The lowest BCUT2D eigenvalue weighted by atomic mass is 10.0. The van der Waals surface area contributed by atoms with Crippen molar-refractivity contribution in [1.82, 2.24) is 10.2 Å². The van der Waals surface area contributed by atoms with Gasteiger partial charge in [-0.05, 0) is 20.8 Å². The Balaban J connectivity index is 1.87. The molecule has 6 heteroatoms. The molecule has 6 nitrogen and oxygen atoms in total. The monoisotopic (exact) mass is 270 g/mol. The number of rotatable bonds is 0. The Morgan fingerprint density at radius 3 is 2.11 bits per heavy atom. The number of carbonyl (C=O) groups excluding carboxylic acids is 2. The van der Waals surface area contributed by atoms with Crippen molar-refractivity contribution < 1.29 is 19.1 Å². The van der Waals surface area contributed by atoms with Crippen molar-refractivity contribution in [3.63, 3.8) is 0 Å². The number of nitrogens with zero attached hydrogens (tertiary/aromatic N) is 1. The largest absolute Gasteiger partial charge is 0.347 e. The minimum Gasteiger partial charge on any atom is -0.347 e. The molecule has 2 rings (SSSR count). The van der Waals surface area contributed by atoms with Gasteiger partial charge >= 0.3 is 11.8 Å². The van der Waals surface area contributed by atoms with Crippen molar-refractivity contribution in [3.05, 3.63) is 0 Å². The van der Waals surface area contributed by atoms with E-state index in [0.29, 0.717) is 39.1 Å². The van der Waals surface area contributed by atoms with Crippen LogP contribution in [-0.2, 0) is 19.1 Å². The molecule has 1 spiro atoms. The summed E-state index contributed by atoms with van der Waals surface area (Å²) in [6.07, 6.45) is 1.25. The normalized spacial score (nSPS) is 22.6. The minimum absolute atomic E-state index is 0.401. The van der Waals surface area contributed by atoms with E-state index in [2.05, 4.69) is 5.32 Å². The van der Waals surface area contributed by atoms with Gasteiger partial charge in [-0.3, -0.25) is 9.59 Å². The van der Waals surface area contributed by atoms with Crippen LogP contribution in [0.5, 0.6) is 0 Å². The van der Waals surface area contributed by atoms with Gasteiger partial charge in [0.05, 0.1) is 13.2 Å². The number of likely N-dealkylation sites (tertiary alicyclic amines) is 1. The van der Waals surface area contributed by atoms with E-state index in [1.54, 1.807) is 4.90 Å². The Morgan fingerprint density at radius 1 is 1.11 bits per heavy atom. The first-order chi connectivity index (χ1) is 8.81. The van der Waals surface area contributed by atoms with Gasteiger partial charge in [0.2, 0.25) is 0 Å². The molecule has 19 heavy (non-hydrogen) atoms. The van der Waals surface area contributed by atoms with E-state index >= 15 is 0 Å². The number of hydrogen-bond acceptors (Lipinski definition) is 4. The Kier molecular flexibility index (Phi) is 3.82. The van der Waals surface area contributed by atoms with Crippen LogP contribution < -0.4 is 5.32 Å². The lowest BCUT2D eigenvalue weighted by Crippen LogP contribution is -2.53. The van der Waals surface area contributed by atoms with Crippen molar-refractivity contribution in [2.45, 2.75) is 44.9 Å². The predicted octanol–water partition coefficient (Wildman–Crippen LogP) is 0.267. The maximum absolute atomic E-state index is 12.0. The van der Waals surface area contributed by atoms with Gasteiger partial charge in [-0.15, -0.1) is 0 Å². The van der Waals surface area contributed by atoms with E-state index in [1.165, 1.54) is 0 Å². The van der Waals surface area contributed by atoms with E-state index < -0.39 is 23.1 Å². The smallest absolute Gasteiger partial charge is 0.311 e. The molecule has 2 fully saturated rings. The zero-order valence-electron chi connectivity index (χ0n) is 11.8. The van der Waals surface area contributed by atoms with Crippen LogP contribution in [0.15, 0.2) is 0 Å². The first-order valence-electron chi connectivity index (χ1n) is 6.71. The highest BCUT2D eigenvalue weighted by Crippen LogP contribution is 2.31. The molecule has 0 aromatic heterocycles. The molecule has 0 radical (unpaired) electrons. The third kappa shape index (κ3) is 3.45. The average Bonchev–Trinajstić information content (AvgIpc) is 2.75. The summed E-state index contributed by atoms with van der Waals surface area (Å²) < 4.78 is 11.2. The number of hydrogen-bond donors (Lipinski definition) is 1. The highest BCUT2D eigenvalue weighted by molar-refractivity contribution is 6.35. The molecule has 0 aliphatic carbocycles. The fourth-order valence-electron chi connectivity index (χ4n) is 2.37. The van der Waals surface area contributed by atoms with Crippen LogP contribution in [0.3, 0.4) is 0 Å². The summed E-state index contributed by atoms with van der Waals surface area (Å²) in [7, 11) is 0. The molecular weight excluding hydrogens is 248 g/mol. The van der Waals surface area contributed by atoms with Crippen LogP contribution in [0.1, 0.15) is 33.6 Å². The highest BCUT2D eigenvalue weighted by Gasteiger charge is 2.41. The van der Waals surface area contributed by atoms with Crippen LogP contribution in [0.4, 0.5) is 0 Å². The molecule has 2 aliphatic rings. The molecule has 2 aliphatic heterocycles. The number of nitrogens with one attached hydrogen (secondary N) is 1. The first-order valence-corrected chi connectivity index (χ1v) is 6.71. The molecule has 0 aromatic carbocycles. The number of ether oxygens (including phenoxy) is 2. The van der Waals surface area contributed by atoms with E-state index in [9.17, 15) is 9.59 Å². The van der Waals surface area contributed by atoms with Crippen LogP contribution in [0, 0.1) is 0 Å². The van der Waals surface area contributed by atoms with E-state index in [-0.39, 0.29) is 0 Å². The minimum atomic E-state index is -0.545. The molecular formula is C13H22N2O4. The zero-order chi connectivity index (χ0) is 14.1. The Bertz CT molecular complexity index is 359.